The number of aromatic nitrogens is 1. The molecule has 0 fully saturated rings. The average molecular weight is 318 g/mol. The van der Waals surface area contributed by atoms with E-state index in [-0.39, 0.29) is 11.4 Å². The number of ether oxygens (including phenoxy) is 1. The Morgan fingerprint density at radius 1 is 1.37 bits per heavy atom. The lowest BCUT2D eigenvalue weighted by atomic mass is 10.3. The van der Waals surface area contributed by atoms with Gasteiger partial charge in [0.1, 0.15) is 12.3 Å². The zero-order valence-corrected chi connectivity index (χ0v) is 12.2. The minimum Gasteiger partial charge on any atom is -0.425 e. The molecule has 19 heavy (non-hydrogen) atoms. The Labute approximate surface area is 123 Å². The van der Waals surface area contributed by atoms with Gasteiger partial charge in [0.15, 0.2) is 0 Å². The molecular weight excluding hydrogens is 309 g/mol. The smallest absolute Gasteiger partial charge is 0.331 e. The second-order valence-corrected chi connectivity index (χ2v) is 5.41. The summed E-state index contributed by atoms with van der Waals surface area (Å²) in [5.74, 6) is -0.248. The highest BCUT2D eigenvalue weighted by atomic mass is 35.5. The lowest BCUT2D eigenvalue weighted by molar-refractivity contribution is -0.135. The van der Waals surface area contributed by atoms with E-state index >= 15 is 0 Å². The standard InChI is InChI=1S/C12H9Cl2NO3S/c1-7-6-19-12(17)15(7)5-11(16)18-8-2-3-9(13)10(14)4-8/h2-4,6H,5H2,1H3. The van der Waals surface area contributed by atoms with Crippen molar-refractivity contribution in [3.63, 3.8) is 0 Å². The summed E-state index contributed by atoms with van der Waals surface area (Å²) >= 11 is 12.6. The molecule has 1 heterocycles. The summed E-state index contributed by atoms with van der Waals surface area (Å²) in [5.41, 5.74) is 0.723. The Morgan fingerprint density at radius 2 is 2.11 bits per heavy atom. The summed E-state index contributed by atoms with van der Waals surface area (Å²) in [6, 6.07) is 4.52. The molecule has 0 spiro atoms. The van der Waals surface area contributed by atoms with Crippen LogP contribution in [0, 0.1) is 6.92 Å². The fourth-order valence-corrected chi connectivity index (χ4v) is 2.45. The number of esters is 1. The summed E-state index contributed by atoms with van der Waals surface area (Å²) in [5, 5.41) is 2.37. The van der Waals surface area contributed by atoms with E-state index in [4.69, 9.17) is 27.9 Å². The van der Waals surface area contributed by atoms with Crippen molar-refractivity contribution in [2.75, 3.05) is 0 Å². The Morgan fingerprint density at radius 3 is 2.68 bits per heavy atom. The summed E-state index contributed by atoms with van der Waals surface area (Å²) in [7, 11) is 0. The van der Waals surface area contributed by atoms with E-state index in [1.54, 1.807) is 12.3 Å². The molecule has 100 valence electrons. The molecule has 7 heteroatoms. The lowest BCUT2D eigenvalue weighted by Crippen LogP contribution is -2.23. The number of hydrogen-bond acceptors (Lipinski definition) is 4. The van der Waals surface area contributed by atoms with Crippen molar-refractivity contribution in [2.24, 2.45) is 0 Å². The largest absolute Gasteiger partial charge is 0.425 e. The molecule has 0 aliphatic carbocycles. The molecule has 1 aromatic heterocycles. The van der Waals surface area contributed by atoms with Crippen LogP contribution in [0.3, 0.4) is 0 Å². The number of benzene rings is 1. The third kappa shape index (κ3) is 3.37. The van der Waals surface area contributed by atoms with Crippen LogP contribution in [0.25, 0.3) is 0 Å². The van der Waals surface area contributed by atoms with Gasteiger partial charge in [-0.3, -0.25) is 9.36 Å². The van der Waals surface area contributed by atoms with Gasteiger partial charge in [-0.1, -0.05) is 34.5 Å². The van der Waals surface area contributed by atoms with Gasteiger partial charge in [0.05, 0.1) is 10.0 Å². The van der Waals surface area contributed by atoms with E-state index in [1.165, 1.54) is 22.8 Å². The van der Waals surface area contributed by atoms with Crippen LogP contribution in [0.2, 0.25) is 10.0 Å². The van der Waals surface area contributed by atoms with Crippen molar-refractivity contribution in [1.29, 1.82) is 0 Å². The van der Waals surface area contributed by atoms with Gasteiger partial charge in [0.25, 0.3) is 0 Å². The second-order valence-electron chi connectivity index (χ2n) is 3.78. The van der Waals surface area contributed by atoms with Crippen LogP contribution in [-0.2, 0) is 11.3 Å². The highest BCUT2D eigenvalue weighted by Gasteiger charge is 2.11. The first-order valence-corrected chi connectivity index (χ1v) is 6.91. The molecule has 2 rings (SSSR count). The Bertz CT molecular complexity index is 678. The quantitative estimate of drug-likeness (QED) is 0.645. The van der Waals surface area contributed by atoms with Crippen LogP contribution in [0.4, 0.5) is 0 Å². The van der Waals surface area contributed by atoms with Crippen molar-refractivity contribution < 1.29 is 9.53 Å². The molecule has 0 unspecified atom stereocenters. The molecule has 0 saturated heterocycles. The van der Waals surface area contributed by atoms with Gasteiger partial charge < -0.3 is 4.74 Å². The van der Waals surface area contributed by atoms with E-state index in [2.05, 4.69) is 0 Å². The van der Waals surface area contributed by atoms with Crippen molar-refractivity contribution in [2.45, 2.75) is 13.5 Å². The molecule has 0 bridgehead atoms. The fourth-order valence-electron chi connectivity index (χ4n) is 1.43. The minimum absolute atomic E-state index is 0.131. The maximum Gasteiger partial charge on any atom is 0.331 e. The van der Waals surface area contributed by atoms with E-state index in [1.807, 2.05) is 0 Å². The van der Waals surface area contributed by atoms with Crippen LogP contribution < -0.4 is 9.61 Å². The first kappa shape index (κ1) is 14.1. The Hall–Kier alpha value is -1.30. The number of thiazole rings is 1. The predicted molar refractivity (Wildman–Crippen MR) is 75.4 cm³/mol. The molecule has 2 aromatic rings. The zero-order chi connectivity index (χ0) is 14.0. The van der Waals surface area contributed by atoms with E-state index in [0.717, 1.165) is 17.0 Å². The van der Waals surface area contributed by atoms with Crippen LogP contribution in [0.5, 0.6) is 5.75 Å². The molecule has 0 saturated carbocycles. The first-order chi connectivity index (χ1) is 8.97. The third-order valence-corrected chi connectivity index (χ3v) is 4.01. The first-order valence-electron chi connectivity index (χ1n) is 5.28. The molecule has 0 radical (unpaired) electrons. The molecule has 0 aliphatic heterocycles. The number of halogens is 2. The number of hydrogen-bond donors (Lipinski definition) is 0. The summed E-state index contributed by atoms with van der Waals surface area (Å²) < 4.78 is 6.45. The minimum atomic E-state index is -0.540. The normalized spacial score (nSPS) is 10.5. The number of nitrogens with zero attached hydrogens (tertiary/aromatic N) is 1. The lowest BCUT2D eigenvalue weighted by Gasteiger charge is -2.06. The zero-order valence-electron chi connectivity index (χ0n) is 9.85. The van der Waals surface area contributed by atoms with Crippen LogP contribution in [0.1, 0.15) is 5.69 Å². The topological polar surface area (TPSA) is 48.3 Å². The highest BCUT2D eigenvalue weighted by Crippen LogP contribution is 2.26. The molecular formula is C12H9Cl2NO3S. The maximum atomic E-state index is 11.7. The third-order valence-electron chi connectivity index (χ3n) is 2.39. The van der Waals surface area contributed by atoms with Gasteiger partial charge in [0, 0.05) is 17.1 Å². The Kier molecular flexibility index (Phi) is 4.29. The predicted octanol–water partition coefficient (Wildman–Crippen LogP) is 3.13. The highest BCUT2D eigenvalue weighted by molar-refractivity contribution is 7.07. The fraction of sp³-hybridized carbons (Fsp3) is 0.167. The SMILES string of the molecule is Cc1csc(=O)n1CC(=O)Oc1ccc(Cl)c(Cl)c1. The van der Waals surface area contributed by atoms with Crippen LogP contribution in [-0.4, -0.2) is 10.5 Å². The number of carbonyl (C=O) groups excluding carboxylic acids is 1. The number of carbonyl (C=O) groups is 1. The van der Waals surface area contributed by atoms with E-state index in [9.17, 15) is 9.59 Å². The average Bonchev–Trinajstić information content (AvgIpc) is 2.66. The molecule has 4 nitrogen and oxygen atoms in total. The summed E-state index contributed by atoms with van der Waals surface area (Å²) in [6.07, 6.45) is 0. The van der Waals surface area contributed by atoms with Crippen molar-refractivity contribution in [1.82, 2.24) is 4.57 Å². The van der Waals surface area contributed by atoms with Gasteiger partial charge in [-0.15, -0.1) is 0 Å². The van der Waals surface area contributed by atoms with Gasteiger partial charge in [-0.2, -0.15) is 0 Å². The van der Waals surface area contributed by atoms with Gasteiger partial charge in [-0.25, -0.2) is 4.79 Å². The van der Waals surface area contributed by atoms with E-state index in [0.29, 0.717) is 15.8 Å². The van der Waals surface area contributed by atoms with Crippen molar-refractivity contribution in [3.05, 3.63) is 49.0 Å². The molecule has 0 amide bonds. The second kappa shape index (κ2) is 5.77. The van der Waals surface area contributed by atoms with E-state index < -0.39 is 5.97 Å². The van der Waals surface area contributed by atoms with Crippen LogP contribution in [0.15, 0.2) is 28.4 Å². The molecule has 0 N–H and O–H groups in total. The van der Waals surface area contributed by atoms with Gasteiger partial charge in [0.2, 0.25) is 0 Å². The Balaban J connectivity index is 2.09. The monoisotopic (exact) mass is 317 g/mol. The summed E-state index contributed by atoms with van der Waals surface area (Å²) in [6.45, 7) is 1.62. The van der Waals surface area contributed by atoms with Gasteiger partial charge in [-0.05, 0) is 19.1 Å². The van der Waals surface area contributed by atoms with Crippen molar-refractivity contribution in [3.8, 4) is 5.75 Å². The molecule has 1 aromatic carbocycles. The molecule has 0 aliphatic rings. The number of rotatable bonds is 3. The van der Waals surface area contributed by atoms with Gasteiger partial charge >= 0.3 is 10.8 Å². The maximum absolute atomic E-state index is 11.7. The molecule has 0 atom stereocenters. The number of aryl methyl sites for hydroxylation is 1. The van der Waals surface area contributed by atoms with Crippen LogP contribution >= 0.6 is 34.5 Å². The van der Waals surface area contributed by atoms with Crippen molar-refractivity contribution >= 4 is 40.5 Å². The summed E-state index contributed by atoms with van der Waals surface area (Å²) in [4.78, 5) is 23.0.